The molecule has 0 radical (unpaired) electrons. The van der Waals surface area contributed by atoms with E-state index in [-0.39, 0.29) is 11.0 Å². The summed E-state index contributed by atoms with van der Waals surface area (Å²) in [6, 6.07) is 9.40. The first kappa shape index (κ1) is 14.7. The van der Waals surface area contributed by atoms with Crippen molar-refractivity contribution in [2.75, 3.05) is 0 Å². The molecule has 3 nitrogen and oxygen atoms in total. The van der Waals surface area contributed by atoms with Crippen LogP contribution in [0.15, 0.2) is 51.5 Å². The third-order valence-corrected chi connectivity index (χ3v) is 5.67. The highest BCUT2D eigenvalue weighted by Gasteiger charge is 2.18. The molecule has 0 bridgehead atoms. The van der Waals surface area contributed by atoms with Gasteiger partial charge in [0.25, 0.3) is 0 Å². The van der Waals surface area contributed by atoms with Crippen molar-refractivity contribution in [1.29, 1.82) is 0 Å². The summed E-state index contributed by atoms with van der Waals surface area (Å²) in [4.78, 5) is 21.0. The first-order valence-corrected chi connectivity index (χ1v) is 8.85. The number of hydrogen-bond donors (Lipinski definition) is 0. The maximum Gasteiger partial charge on any atom is 0.175 e. The lowest BCUT2D eigenvalue weighted by molar-refractivity contribution is 0.0994. The molecule has 0 fully saturated rings. The van der Waals surface area contributed by atoms with Gasteiger partial charge in [-0.15, -0.1) is 11.3 Å². The van der Waals surface area contributed by atoms with Crippen LogP contribution in [0.1, 0.15) is 17.3 Å². The minimum atomic E-state index is -0.189. The van der Waals surface area contributed by atoms with Crippen LogP contribution in [0.4, 0.5) is 0 Å². The van der Waals surface area contributed by atoms with Gasteiger partial charge in [0, 0.05) is 10.0 Å². The Morgan fingerprint density at radius 2 is 2.00 bits per heavy atom. The molecule has 3 aromatic rings. The number of nitrogens with zero attached hydrogens (tertiary/aromatic N) is 2. The Balaban J connectivity index is 1.82. The lowest BCUT2D eigenvalue weighted by Crippen LogP contribution is -2.13. The number of hydrogen-bond acceptors (Lipinski definition) is 5. The van der Waals surface area contributed by atoms with Crippen molar-refractivity contribution in [3.63, 3.8) is 0 Å². The number of Topliss-reactive ketones (excluding diaryl/α,β-unsaturated/α-hetero) is 1. The average Bonchev–Trinajstić information content (AvgIpc) is 2.97. The number of thiophene rings is 1. The van der Waals surface area contributed by atoms with Gasteiger partial charge in [0.1, 0.15) is 11.4 Å². The quantitative estimate of drug-likeness (QED) is 0.370. The second kappa shape index (κ2) is 6.25. The Bertz CT molecular complexity index is 786. The molecule has 0 amide bonds. The molecular formula is C15H11BrN2OS2. The van der Waals surface area contributed by atoms with E-state index in [0.29, 0.717) is 0 Å². The van der Waals surface area contributed by atoms with Crippen LogP contribution < -0.4 is 0 Å². The molecule has 106 valence electrons. The Morgan fingerprint density at radius 1 is 1.24 bits per heavy atom. The minimum Gasteiger partial charge on any atom is -0.293 e. The monoisotopic (exact) mass is 378 g/mol. The highest BCUT2D eigenvalue weighted by atomic mass is 79.9. The van der Waals surface area contributed by atoms with Crippen LogP contribution >= 0.6 is 39.0 Å². The van der Waals surface area contributed by atoms with Crippen molar-refractivity contribution < 1.29 is 4.79 Å². The molecule has 3 rings (SSSR count). The second-order valence-corrected chi connectivity index (χ2v) is 7.61. The smallest absolute Gasteiger partial charge is 0.175 e. The normalized spacial score (nSPS) is 12.5. The van der Waals surface area contributed by atoms with Crippen LogP contribution in [-0.2, 0) is 0 Å². The standard InChI is InChI=1S/C15H11BrN2OS2/c1-9(13(19)10-2-4-11(16)5-3-10)21-15-14-12(6-7-20-14)17-8-18-15/h2-9H,1H3/t9-/m1/s1. The highest BCUT2D eigenvalue weighted by molar-refractivity contribution is 9.10. The summed E-state index contributed by atoms with van der Waals surface area (Å²) in [5, 5.41) is 2.67. The molecule has 2 aromatic heterocycles. The number of carbonyl (C=O) groups excluding carboxylic acids is 1. The van der Waals surface area contributed by atoms with Crippen LogP contribution in [0.25, 0.3) is 10.2 Å². The molecule has 21 heavy (non-hydrogen) atoms. The predicted molar refractivity (Wildman–Crippen MR) is 91.2 cm³/mol. The zero-order chi connectivity index (χ0) is 14.8. The topological polar surface area (TPSA) is 42.9 Å². The van der Waals surface area contributed by atoms with Gasteiger partial charge in [-0.3, -0.25) is 4.79 Å². The molecule has 0 spiro atoms. The molecular weight excluding hydrogens is 368 g/mol. The SMILES string of the molecule is C[C@@H](Sc1ncnc2ccsc12)C(=O)c1ccc(Br)cc1. The number of ketones is 1. The summed E-state index contributed by atoms with van der Waals surface area (Å²) in [7, 11) is 0. The van der Waals surface area contributed by atoms with Gasteiger partial charge < -0.3 is 0 Å². The summed E-state index contributed by atoms with van der Waals surface area (Å²) in [6.45, 7) is 1.91. The molecule has 0 aliphatic heterocycles. The van der Waals surface area contributed by atoms with E-state index in [1.54, 1.807) is 17.7 Å². The van der Waals surface area contributed by atoms with E-state index < -0.39 is 0 Å². The first-order valence-electron chi connectivity index (χ1n) is 6.30. The van der Waals surface area contributed by atoms with E-state index >= 15 is 0 Å². The van der Waals surface area contributed by atoms with Crippen LogP contribution in [0.5, 0.6) is 0 Å². The lowest BCUT2D eigenvalue weighted by Gasteiger charge is -2.10. The number of fused-ring (bicyclic) bond motifs is 1. The lowest BCUT2D eigenvalue weighted by atomic mass is 10.1. The fourth-order valence-corrected chi connectivity index (χ4v) is 4.10. The van der Waals surface area contributed by atoms with Crippen molar-refractivity contribution in [2.24, 2.45) is 0 Å². The molecule has 0 N–H and O–H groups in total. The fourth-order valence-electron chi connectivity index (χ4n) is 1.92. The van der Waals surface area contributed by atoms with Gasteiger partial charge in [-0.2, -0.15) is 0 Å². The Hall–Kier alpha value is -1.24. The molecule has 0 aliphatic rings. The third kappa shape index (κ3) is 3.17. The molecule has 1 aromatic carbocycles. The predicted octanol–water partition coefficient (Wildman–Crippen LogP) is 4.82. The zero-order valence-electron chi connectivity index (χ0n) is 11.1. The van der Waals surface area contributed by atoms with Gasteiger partial charge >= 0.3 is 0 Å². The summed E-state index contributed by atoms with van der Waals surface area (Å²) < 4.78 is 2.01. The van der Waals surface area contributed by atoms with E-state index in [1.165, 1.54) is 11.8 Å². The summed E-state index contributed by atoms with van der Waals surface area (Å²) in [6.07, 6.45) is 1.55. The number of rotatable bonds is 4. The molecule has 0 unspecified atom stereocenters. The van der Waals surface area contributed by atoms with Crippen LogP contribution in [0.2, 0.25) is 0 Å². The number of halogens is 1. The first-order chi connectivity index (χ1) is 10.1. The second-order valence-electron chi connectivity index (χ2n) is 4.45. The number of thioether (sulfide) groups is 1. The highest BCUT2D eigenvalue weighted by Crippen LogP contribution is 2.32. The van der Waals surface area contributed by atoms with Gasteiger partial charge in [0.2, 0.25) is 0 Å². The Morgan fingerprint density at radius 3 is 2.76 bits per heavy atom. The maximum absolute atomic E-state index is 12.5. The van der Waals surface area contributed by atoms with Crippen molar-refractivity contribution >= 4 is 55.0 Å². The van der Waals surface area contributed by atoms with Crippen molar-refractivity contribution in [1.82, 2.24) is 9.97 Å². The minimum absolute atomic E-state index is 0.107. The number of carbonyl (C=O) groups is 1. The number of benzene rings is 1. The Kier molecular flexibility index (Phi) is 4.37. The van der Waals surface area contributed by atoms with Gasteiger partial charge in [0.05, 0.1) is 15.5 Å². The van der Waals surface area contributed by atoms with Crippen molar-refractivity contribution in [3.8, 4) is 0 Å². The summed E-state index contributed by atoms with van der Waals surface area (Å²) in [5.41, 5.74) is 1.65. The summed E-state index contributed by atoms with van der Waals surface area (Å²) in [5.74, 6) is 0.107. The van der Waals surface area contributed by atoms with E-state index in [4.69, 9.17) is 0 Å². The van der Waals surface area contributed by atoms with E-state index in [0.717, 1.165) is 25.3 Å². The Labute approximate surface area is 138 Å². The van der Waals surface area contributed by atoms with Crippen molar-refractivity contribution in [2.45, 2.75) is 17.2 Å². The van der Waals surface area contributed by atoms with Crippen LogP contribution in [0, 0.1) is 0 Å². The molecule has 6 heteroatoms. The molecule has 2 heterocycles. The van der Waals surface area contributed by atoms with Gasteiger partial charge in [-0.05, 0) is 30.5 Å². The molecule has 1 atom stereocenters. The van der Waals surface area contributed by atoms with Crippen LogP contribution in [-0.4, -0.2) is 21.0 Å². The van der Waals surface area contributed by atoms with E-state index in [9.17, 15) is 4.79 Å². The largest absolute Gasteiger partial charge is 0.293 e. The maximum atomic E-state index is 12.5. The molecule has 0 saturated heterocycles. The average molecular weight is 379 g/mol. The summed E-state index contributed by atoms with van der Waals surface area (Å²) >= 11 is 6.46. The van der Waals surface area contributed by atoms with E-state index in [1.807, 2.05) is 42.6 Å². The van der Waals surface area contributed by atoms with Gasteiger partial charge in [0.15, 0.2) is 5.78 Å². The number of aromatic nitrogens is 2. The third-order valence-electron chi connectivity index (χ3n) is 3.00. The van der Waals surface area contributed by atoms with Crippen LogP contribution in [0.3, 0.4) is 0 Å². The molecule has 0 saturated carbocycles. The van der Waals surface area contributed by atoms with Gasteiger partial charge in [-0.25, -0.2) is 9.97 Å². The molecule has 0 aliphatic carbocycles. The van der Waals surface area contributed by atoms with E-state index in [2.05, 4.69) is 25.9 Å². The van der Waals surface area contributed by atoms with Gasteiger partial charge in [-0.1, -0.05) is 39.8 Å². The fraction of sp³-hybridized carbons (Fsp3) is 0.133. The zero-order valence-corrected chi connectivity index (χ0v) is 14.3. The van der Waals surface area contributed by atoms with Crippen molar-refractivity contribution in [3.05, 3.63) is 52.1 Å².